The van der Waals surface area contributed by atoms with Crippen LogP contribution in [0.4, 0.5) is 0 Å². The lowest BCUT2D eigenvalue weighted by atomic mass is 10.1. The largest absolute Gasteiger partial charge is 0.383 e. The molecule has 0 aliphatic rings. The van der Waals surface area contributed by atoms with Crippen LogP contribution in [0.25, 0.3) is 11.4 Å². The minimum atomic E-state index is 0.703. The van der Waals surface area contributed by atoms with E-state index in [0.29, 0.717) is 6.61 Å². The van der Waals surface area contributed by atoms with Crippen LogP contribution in [0.15, 0.2) is 30.3 Å². The maximum Gasteiger partial charge on any atom is 0.159 e. The van der Waals surface area contributed by atoms with Gasteiger partial charge < -0.3 is 10.1 Å². The zero-order valence-corrected chi connectivity index (χ0v) is 12.3. The Balaban J connectivity index is 2.18. The number of methoxy groups -OCH3 is 1. The molecule has 0 aliphatic heterocycles. The van der Waals surface area contributed by atoms with E-state index in [1.165, 1.54) is 5.56 Å². The van der Waals surface area contributed by atoms with Gasteiger partial charge in [-0.2, -0.15) is 0 Å². The minimum Gasteiger partial charge on any atom is -0.383 e. The number of aromatic nitrogens is 2. The standard InChI is InChI=1S/C16H21N3O/c1-12-6-4-5-7-15(12)16-18-13(2)10-14(19-16)11-17-8-9-20-3/h4-7,10,17H,8-9,11H2,1-3H3. The molecule has 0 bridgehead atoms. The van der Waals surface area contributed by atoms with Gasteiger partial charge in [-0.25, -0.2) is 9.97 Å². The van der Waals surface area contributed by atoms with Crippen LogP contribution in [-0.4, -0.2) is 30.2 Å². The fraction of sp³-hybridized carbons (Fsp3) is 0.375. The highest BCUT2D eigenvalue weighted by Gasteiger charge is 2.07. The van der Waals surface area contributed by atoms with Crippen LogP contribution in [0.3, 0.4) is 0 Å². The highest BCUT2D eigenvalue weighted by atomic mass is 16.5. The molecule has 0 unspecified atom stereocenters. The Kier molecular flexibility index (Phi) is 5.21. The summed E-state index contributed by atoms with van der Waals surface area (Å²) >= 11 is 0. The van der Waals surface area contributed by atoms with Gasteiger partial charge in [-0.3, -0.25) is 0 Å². The Hall–Kier alpha value is -1.78. The molecule has 0 saturated carbocycles. The Morgan fingerprint density at radius 1 is 1.15 bits per heavy atom. The molecule has 1 aromatic carbocycles. The van der Waals surface area contributed by atoms with Crippen LogP contribution in [-0.2, 0) is 11.3 Å². The number of hydrogen-bond acceptors (Lipinski definition) is 4. The molecule has 2 rings (SSSR count). The molecule has 0 amide bonds. The number of rotatable bonds is 6. The van der Waals surface area contributed by atoms with Gasteiger partial charge in [0.05, 0.1) is 12.3 Å². The van der Waals surface area contributed by atoms with E-state index in [4.69, 9.17) is 4.74 Å². The van der Waals surface area contributed by atoms with Crippen LogP contribution in [0.1, 0.15) is 17.0 Å². The predicted molar refractivity (Wildman–Crippen MR) is 80.5 cm³/mol. The molecule has 0 aliphatic carbocycles. The Morgan fingerprint density at radius 3 is 2.70 bits per heavy atom. The van der Waals surface area contributed by atoms with Crippen molar-refractivity contribution in [2.75, 3.05) is 20.3 Å². The average molecular weight is 271 g/mol. The smallest absolute Gasteiger partial charge is 0.159 e. The normalized spacial score (nSPS) is 10.8. The van der Waals surface area contributed by atoms with Crippen LogP contribution in [0.5, 0.6) is 0 Å². The number of ether oxygens (including phenoxy) is 1. The molecule has 4 nitrogen and oxygen atoms in total. The van der Waals surface area contributed by atoms with Gasteiger partial charge in [-0.05, 0) is 25.5 Å². The van der Waals surface area contributed by atoms with E-state index in [1.807, 2.05) is 25.1 Å². The van der Waals surface area contributed by atoms with E-state index in [1.54, 1.807) is 7.11 Å². The van der Waals surface area contributed by atoms with Gasteiger partial charge in [0.2, 0.25) is 0 Å². The average Bonchev–Trinajstić information content (AvgIpc) is 2.43. The molecular weight excluding hydrogens is 250 g/mol. The van der Waals surface area contributed by atoms with Gasteiger partial charge >= 0.3 is 0 Å². The van der Waals surface area contributed by atoms with Gasteiger partial charge in [-0.15, -0.1) is 0 Å². The molecule has 0 spiro atoms. The van der Waals surface area contributed by atoms with Crippen LogP contribution < -0.4 is 5.32 Å². The Bertz CT molecular complexity index is 569. The third-order valence-electron chi connectivity index (χ3n) is 3.08. The first-order valence-corrected chi connectivity index (χ1v) is 6.81. The molecular formula is C16H21N3O. The molecule has 20 heavy (non-hydrogen) atoms. The fourth-order valence-electron chi connectivity index (χ4n) is 2.06. The third-order valence-corrected chi connectivity index (χ3v) is 3.08. The second kappa shape index (κ2) is 7.12. The van der Waals surface area contributed by atoms with Crippen LogP contribution >= 0.6 is 0 Å². The third kappa shape index (κ3) is 3.85. The maximum atomic E-state index is 5.02. The van der Waals surface area contributed by atoms with Gasteiger partial charge in [-0.1, -0.05) is 24.3 Å². The second-order valence-corrected chi connectivity index (χ2v) is 4.81. The molecule has 4 heteroatoms. The van der Waals surface area contributed by atoms with Crippen molar-refractivity contribution in [1.29, 1.82) is 0 Å². The van der Waals surface area contributed by atoms with Gasteiger partial charge in [0, 0.05) is 31.5 Å². The molecule has 0 radical (unpaired) electrons. The van der Waals surface area contributed by atoms with E-state index in [2.05, 4.69) is 34.3 Å². The first-order valence-electron chi connectivity index (χ1n) is 6.81. The molecule has 2 aromatic rings. The summed E-state index contributed by atoms with van der Waals surface area (Å²) in [6.45, 7) is 6.33. The minimum absolute atomic E-state index is 0.703. The number of hydrogen-bond donors (Lipinski definition) is 1. The first-order chi connectivity index (χ1) is 9.70. The second-order valence-electron chi connectivity index (χ2n) is 4.81. The number of nitrogens with zero attached hydrogens (tertiary/aromatic N) is 2. The summed E-state index contributed by atoms with van der Waals surface area (Å²) in [5.41, 5.74) is 4.28. The molecule has 106 valence electrons. The summed E-state index contributed by atoms with van der Waals surface area (Å²) in [5.74, 6) is 0.798. The molecule has 0 atom stereocenters. The monoisotopic (exact) mass is 271 g/mol. The molecule has 0 saturated heterocycles. The number of nitrogens with one attached hydrogen (secondary N) is 1. The molecule has 1 aromatic heterocycles. The predicted octanol–water partition coefficient (Wildman–Crippen LogP) is 2.50. The van der Waals surface area contributed by atoms with Crippen LogP contribution in [0.2, 0.25) is 0 Å². The van der Waals surface area contributed by atoms with Crippen molar-refractivity contribution in [2.45, 2.75) is 20.4 Å². The number of aryl methyl sites for hydroxylation is 2. The van der Waals surface area contributed by atoms with Gasteiger partial charge in [0.15, 0.2) is 5.82 Å². The first kappa shape index (κ1) is 14.6. The zero-order chi connectivity index (χ0) is 14.4. The van der Waals surface area contributed by atoms with Gasteiger partial charge in [0.25, 0.3) is 0 Å². The van der Waals surface area contributed by atoms with Crippen LogP contribution in [0, 0.1) is 13.8 Å². The summed E-state index contributed by atoms with van der Waals surface area (Å²) in [6.07, 6.45) is 0. The lowest BCUT2D eigenvalue weighted by molar-refractivity contribution is 0.199. The Labute approximate surface area is 120 Å². The van der Waals surface area contributed by atoms with Crippen molar-refractivity contribution in [3.63, 3.8) is 0 Å². The fourth-order valence-corrected chi connectivity index (χ4v) is 2.06. The van der Waals surface area contributed by atoms with Crippen molar-refractivity contribution in [2.24, 2.45) is 0 Å². The van der Waals surface area contributed by atoms with E-state index >= 15 is 0 Å². The molecule has 1 N–H and O–H groups in total. The van der Waals surface area contributed by atoms with Crippen molar-refractivity contribution in [1.82, 2.24) is 15.3 Å². The number of benzene rings is 1. The van der Waals surface area contributed by atoms with Crippen molar-refractivity contribution < 1.29 is 4.74 Å². The Morgan fingerprint density at radius 2 is 1.95 bits per heavy atom. The van der Waals surface area contributed by atoms with E-state index < -0.39 is 0 Å². The van der Waals surface area contributed by atoms with Crippen molar-refractivity contribution in [3.05, 3.63) is 47.3 Å². The summed E-state index contributed by atoms with van der Waals surface area (Å²) < 4.78 is 5.02. The molecule has 0 fully saturated rings. The highest BCUT2D eigenvalue weighted by molar-refractivity contribution is 5.59. The SMILES string of the molecule is COCCNCc1cc(C)nc(-c2ccccc2C)n1. The summed E-state index contributed by atoms with van der Waals surface area (Å²) in [7, 11) is 1.70. The van der Waals surface area contributed by atoms with Gasteiger partial charge in [0.1, 0.15) is 0 Å². The lowest BCUT2D eigenvalue weighted by Crippen LogP contribution is -2.19. The highest BCUT2D eigenvalue weighted by Crippen LogP contribution is 2.19. The van der Waals surface area contributed by atoms with E-state index in [9.17, 15) is 0 Å². The van der Waals surface area contributed by atoms with E-state index in [-0.39, 0.29) is 0 Å². The quantitative estimate of drug-likeness (QED) is 0.820. The van der Waals surface area contributed by atoms with E-state index in [0.717, 1.165) is 35.9 Å². The summed E-state index contributed by atoms with van der Waals surface area (Å²) in [4.78, 5) is 9.19. The topological polar surface area (TPSA) is 47.0 Å². The maximum absolute atomic E-state index is 5.02. The van der Waals surface area contributed by atoms with Crippen molar-refractivity contribution >= 4 is 0 Å². The zero-order valence-electron chi connectivity index (χ0n) is 12.3. The lowest BCUT2D eigenvalue weighted by Gasteiger charge is -2.09. The summed E-state index contributed by atoms with van der Waals surface area (Å²) in [5, 5.41) is 3.31. The van der Waals surface area contributed by atoms with Crippen molar-refractivity contribution in [3.8, 4) is 11.4 Å². The molecule has 1 heterocycles. The summed E-state index contributed by atoms with van der Waals surface area (Å²) in [6, 6.07) is 10.2.